The predicted molar refractivity (Wildman–Crippen MR) is 66.1 cm³/mol. The molecule has 0 amide bonds. The Morgan fingerprint density at radius 1 is 1.53 bits per heavy atom. The van der Waals surface area contributed by atoms with Gasteiger partial charge < -0.3 is 15.6 Å². The zero-order chi connectivity index (χ0) is 13.0. The molecule has 94 valence electrons. The summed E-state index contributed by atoms with van der Waals surface area (Å²) in [5, 5.41) is 8.84. The van der Waals surface area contributed by atoms with Gasteiger partial charge in [-0.3, -0.25) is 4.79 Å². The van der Waals surface area contributed by atoms with E-state index in [2.05, 4.69) is 0 Å². The number of ether oxygens (including phenoxy) is 1. The molecule has 0 aliphatic carbocycles. The molecule has 3 N–H and O–H groups in total. The summed E-state index contributed by atoms with van der Waals surface area (Å²) in [4.78, 5) is 10.8. The Labute approximate surface area is 101 Å². The van der Waals surface area contributed by atoms with E-state index in [0.717, 1.165) is 16.9 Å². The van der Waals surface area contributed by atoms with E-state index in [4.69, 9.17) is 15.6 Å². The highest BCUT2D eigenvalue weighted by Gasteiger charge is 2.17. The molecule has 1 rings (SSSR count). The molecule has 2 unspecified atom stereocenters. The minimum Gasteiger partial charge on any atom is -0.496 e. The van der Waals surface area contributed by atoms with Crippen LogP contribution in [-0.2, 0) is 4.79 Å². The normalized spacial score (nSPS) is 14.1. The van der Waals surface area contributed by atoms with Crippen molar-refractivity contribution >= 4 is 5.97 Å². The second-order valence-electron chi connectivity index (χ2n) is 4.31. The van der Waals surface area contributed by atoms with Gasteiger partial charge in [0.05, 0.1) is 13.0 Å². The molecule has 4 heteroatoms. The fourth-order valence-corrected chi connectivity index (χ4v) is 1.75. The maximum atomic E-state index is 10.8. The lowest BCUT2D eigenvalue weighted by Crippen LogP contribution is -2.19. The third kappa shape index (κ3) is 3.46. The number of carbonyl (C=O) groups is 1. The molecule has 0 aliphatic heterocycles. The predicted octanol–water partition coefficient (Wildman–Crippen LogP) is 2.11. The topological polar surface area (TPSA) is 72.5 Å². The molecule has 0 bridgehead atoms. The molecule has 2 atom stereocenters. The zero-order valence-electron chi connectivity index (χ0n) is 10.4. The van der Waals surface area contributed by atoms with Crippen molar-refractivity contribution in [3.8, 4) is 5.75 Å². The number of aliphatic carboxylic acids is 1. The smallest absolute Gasteiger partial charge is 0.306 e. The van der Waals surface area contributed by atoms with Gasteiger partial charge in [-0.25, -0.2) is 0 Å². The summed E-state index contributed by atoms with van der Waals surface area (Å²) in [6.07, 6.45) is 0.432. The van der Waals surface area contributed by atoms with Crippen LogP contribution in [-0.4, -0.2) is 18.2 Å². The van der Waals surface area contributed by atoms with Crippen molar-refractivity contribution in [2.75, 3.05) is 7.11 Å². The highest BCUT2D eigenvalue weighted by Crippen LogP contribution is 2.24. The van der Waals surface area contributed by atoms with E-state index in [1.165, 1.54) is 0 Å². The Balaban J connectivity index is 2.79. The van der Waals surface area contributed by atoms with Crippen LogP contribution in [0.15, 0.2) is 18.2 Å². The Kier molecular flexibility index (Phi) is 4.52. The zero-order valence-corrected chi connectivity index (χ0v) is 10.4. The van der Waals surface area contributed by atoms with Crippen molar-refractivity contribution < 1.29 is 14.6 Å². The number of nitrogens with two attached hydrogens (primary N) is 1. The number of hydrogen-bond donors (Lipinski definition) is 2. The van der Waals surface area contributed by atoms with Crippen LogP contribution in [0, 0.1) is 12.8 Å². The largest absolute Gasteiger partial charge is 0.496 e. The molecule has 0 saturated carbocycles. The molecule has 0 heterocycles. The highest BCUT2D eigenvalue weighted by molar-refractivity contribution is 5.69. The molecular weight excluding hydrogens is 218 g/mol. The fraction of sp³-hybridized carbons (Fsp3) is 0.462. The third-order valence-corrected chi connectivity index (χ3v) is 2.88. The molecule has 1 aromatic carbocycles. The summed E-state index contributed by atoms with van der Waals surface area (Å²) < 4.78 is 5.16. The van der Waals surface area contributed by atoms with Gasteiger partial charge in [-0.15, -0.1) is 0 Å². The summed E-state index contributed by atoms with van der Waals surface area (Å²) in [6.45, 7) is 3.61. The van der Waals surface area contributed by atoms with E-state index in [-0.39, 0.29) is 6.04 Å². The first-order chi connectivity index (χ1) is 7.95. The van der Waals surface area contributed by atoms with Gasteiger partial charge in [0.2, 0.25) is 0 Å². The van der Waals surface area contributed by atoms with Crippen LogP contribution < -0.4 is 10.5 Å². The average Bonchev–Trinajstić information content (AvgIpc) is 2.28. The number of carboxylic acid groups (broad SMARTS) is 1. The van der Waals surface area contributed by atoms with E-state index in [0.29, 0.717) is 6.42 Å². The van der Waals surface area contributed by atoms with Crippen LogP contribution in [0.2, 0.25) is 0 Å². The van der Waals surface area contributed by atoms with Crippen molar-refractivity contribution in [1.29, 1.82) is 0 Å². The first kappa shape index (κ1) is 13.5. The van der Waals surface area contributed by atoms with Crippen LogP contribution in [0.3, 0.4) is 0 Å². The van der Waals surface area contributed by atoms with Crippen LogP contribution in [0.5, 0.6) is 5.75 Å². The van der Waals surface area contributed by atoms with E-state index >= 15 is 0 Å². The van der Waals surface area contributed by atoms with Crippen molar-refractivity contribution in [3.63, 3.8) is 0 Å². The summed E-state index contributed by atoms with van der Waals surface area (Å²) in [5.41, 5.74) is 7.93. The Morgan fingerprint density at radius 3 is 2.65 bits per heavy atom. The van der Waals surface area contributed by atoms with E-state index in [9.17, 15) is 4.79 Å². The van der Waals surface area contributed by atoms with E-state index < -0.39 is 11.9 Å². The van der Waals surface area contributed by atoms with Crippen molar-refractivity contribution in [3.05, 3.63) is 29.3 Å². The first-order valence-electron chi connectivity index (χ1n) is 5.58. The first-order valence-corrected chi connectivity index (χ1v) is 5.58. The van der Waals surface area contributed by atoms with Gasteiger partial charge in [0, 0.05) is 6.04 Å². The number of methoxy groups -OCH3 is 1. The Morgan fingerprint density at radius 2 is 2.18 bits per heavy atom. The number of rotatable bonds is 5. The standard InChI is InChI=1S/C13H19NO3/c1-8-6-10(4-5-12(8)17-3)11(14)7-9(2)13(15)16/h4-6,9,11H,7,14H2,1-3H3,(H,15,16). The number of aryl methyl sites for hydroxylation is 1. The Hall–Kier alpha value is -1.55. The maximum Gasteiger partial charge on any atom is 0.306 e. The maximum absolute atomic E-state index is 10.8. The SMILES string of the molecule is COc1ccc(C(N)CC(C)C(=O)O)cc1C. The van der Waals surface area contributed by atoms with Gasteiger partial charge in [0.15, 0.2) is 0 Å². The average molecular weight is 237 g/mol. The second kappa shape index (κ2) is 5.68. The van der Waals surface area contributed by atoms with Gasteiger partial charge in [-0.1, -0.05) is 19.1 Å². The fourth-order valence-electron chi connectivity index (χ4n) is 1.75. The lowest BCUT2D eigenvalue weighted by molar-refractivity contribution is -0.141. The third-order valence-electron chi connectivity index (χ3n) is 2.88. The molecule has 1 aromatic rings. The monoisotopic (exact) mass is 237 g/mol. The number of hydrogen-bond acceptors (Lipinski definition) is 3. The van der Waals surface area contributed by atoms with E-state index in [1.54, 1.807) is 14.0 Å². The van der Waals surface area contributed by atoms with E-state index in [1.807, 2.05) is 25.1 Å². The van der Waals surface area contributed by atoms with Crippen molar-refractivity contribution in [1.82, 2.24) is 0 Å². The molecular formula is C13H19NO3. The quantitative estimate of drug-likeness (QED) is 0.822. The summed E-state index contributed by atoms with van der Waals surface area (Å²) in [7, 11) is 1.62. The minimum atomic E-state index is -0.814. The molecule has 4 nitrogen and oxygen atoms in total. The summed E-state index contributed by atoms with van der Waals surface area (Å²) in [5.74, 6) is -0.440. The highest BCUT2D eigenvalue weighted by atomic mass is 16.5. The van der Waals surface area contributed by atoms with Gasteiger partial charge in [-0.05, 0) is 30.5 Å². The number of carboxylic acids is 1. The van der Waals surface area contributed by atoms with Gasteiger partial charge in [-0.2, -0.15) is 0 Å². The van der Waals surface area contributed by atoms with Crippen molar-refractivity contribution in [2.45, 2.75) is 26.3 Å². The molecule has 0 fully saturated rings. The summed E-state index contributed by atoms with van der Waals surface area (Å²) in [6, 6.07) is 5.42. The molecule has 0 radical (unpaired) electrons. The second-order valence-corrected chi connectivity index (χ2v) is 4.31. The van der Waals surface area contributed by atoms with Gasteiger partial charge >= 0.3 is 5.97 Å². The lowest BCUT2D eigenvalue weighted by atomic mass is 9.95. The molecule has 0 saturated heterocycles. The van der Waals surface area contributed by atoms with Crippen LogP contribution in [0.1, 0.15) is 30.5 Å². The number of benzene rings is 1. The van der Waals surface area contributed by atoms with Crippen LogP contribution in [0.25, 0.3) is 0 Å². The Bertz CT molecular complexity index is 404. The van der Waals surface area contributed by atoms with Gasteiger partial charge in [0.1, 0.15) is 5.75 Å². The van der Waals surface area contributed by atoms with Crippen LogP contribution in [0.4, 0.5) is 0 Å². The molecule has 0 spiro atoms. The molecule has 17 heavy (non-hydrogen) atoms. The lowest BCUT2D eigenvalue weighted by Gasteiger charge is -2.16. The molecule has 0 aromatic heterocycles. The van der Waals surface area contributed by atoms with Crippen molar-refractivity contribution in [2.24, 2.45) is 11.7 Å². The van der Waals surface area contributed by atoms with Gasteiger partial charge in [0.25, 0.3) is 0 Å². The molecule has 0 aliphatic rings. The van der Waals surface area contributed by atoms with Crippen LogP contribution >= 0.6 is 0 Å². The minimum absolute atomic E-state index is 0.259. The summed E-state index contributed by atoms with van der Waals surface area (Å²) >= 11 is 0.